The second kappa shape index (κ2) is 11.2. The Hall–Kier alpha value is -4.06. The first kappa shape index (κ1) is 28.9. The normalized spacial score (nSPS) is 23.0. The Morgan fingerprint density at radius 3 is 2.23 bits per heavy atom. The smallest absolute Gasteiger partial charge is 0.417 e. The highest BCUT2D eigenvalue weighted by molar-refractivity contribution is 5.97. The fourth-order valence-corrected chi connectivity index (χ4v) is 4.77. The molecule has 0 radical (unpaired) electrons. The molecule has 1 N–H and O–H groups in total. The number of alkyl halides is 3. The molecule has 12 heteroatoms. The van der Waals surface area contributed by atoms with E-state index in [4.69, 9.17) is 19.0 Å². The van der Waals surface area contributed by atoms with Crippen LogP contribution in [-0.2, 0) is 30.0 Å². The Morgan fingerprint density at radius 1 is 0.975 bits per heavy atom. The first-order chi connectivity index (χ1) is 18.8. The molecular formula is C28H28F3NO8. The van der Waals surface area contributed by atoms with Crippen molar-refractivity contribution < 1.29 is 51.7 Å². The monoisotopic (exact) mass is 563 g/mol. The maximum absolute atomic E-state index is 14.2. The number of aromatic carboxylic acids is 1. The number of nitrogens with zero attached hydrogens (tertiary/aromatic N) is 1. The Morgan fingerprint density at radius 2 is 1.65 bits per heavy atom. The number of rotatable bonds is 7. The lowest BCUT2D eigenvalue weighted by molar-refractivity contribution is -0.278. The molecule has 1 aliphatic heterocycles. The molecule has 9 nitrogen and oxygen atoms in total. The Kier molecular flexibility index (Phi) is 8.10. The highest BCUT2D eigenvalue weighted by Crippen LogP contribution is 2.40. The molecule has 0 spiro atoms. The second-order valence-electron chi connectivity index (χ2n) is 9.69. The first-order valence-corrected chi connectivity index (χ1v) is 12.5. The van der Waals surface area contributed by atoms with Crippen LogP contribution < -0.4 is 4.84 Å². The van der Waals surface area contributed by atoms with Crippen molar-refractivity contribution in [3.63, 3.8) is 0 Å². The third kappa shape index (κ3) is 5.91. The van der Waals surface area contributed by atoms with Crippen LogP contribution in [0.3, 0.4) is 0 Å². The van der Waals surface area contributed by atoms with Crippen molar-refractivity contribution in [2.24, 2.45) is 11.8 Å². The summed E-state index contributed by atoms with van der Waals surface area (Å²) in [7, 11) is 0. The Balaban J connectivity index is 1.87. The van der Waals surface area contributed by atoms with Crippen LogP contribution in [0.5, 0.6) is 0 Å². The van der Waals surface area contributed by atoms with E-state index >= 15 is 0 Å². The minimum absolute atomic E-state index is 0.165. The van der Waals surface area contributed by atoms with Gasteiger partial charge >= 0.3 is 24.1 Å². The number of carbonyl (C=O) groups excluding carboxylic acids is 2. The fourth-order valence-electron chi connectivity index (χ4n) is 4.77. The van der Waals surface area contributed by atoms with Crippen LogP contribution >= 0.6 is 0 Å². The van der Waals surface area contributed by atoms with E-state index in [0.29, 0.717) is 5.56 Å². The number of carboxylic acid groups (broad SMARTS) is 1. The summed E-state index contributed by atoms with van der Waals surface area (Å²) < 4.78 is 59.9. The summed E-state index contributed by atoms with van der Waals surface area (Å²) in [4.78, 5) is 41.5. The SMILES string of the molecule is CC(=O)OCC1O[C@@H](On2c(C(=O)O)cc3c(C(F)(F)F)cc(-c4ccccc4)cc32)C(OC(C)=O)[C@@H](C)C1C. The van der Waals surface area contributed by atoms with Crippen molar-refractivity contribution in [1.29, 1.82) is 0 Å². The molecule has 3 aromatic rings. The van der Waals surface area contributed by atoms with Crippen LogP contribution in [0, 0.1) is 11.8 Å². The van der Waals surface area contributed by atoms with Crippen LogP contribution in [0.15, 0.2) is 48.5 Å². The van der Waals surface area contributed by atoms with Gasteiger partial charge in [-0.05, 0) is 35.2 Å². The van der Waals surface area contributed by atoms with Gasteiger partial charge in [-0.25, -0.2) is 4.79 Å². The average molecular weight is 564 g/mol. The van der Waals surface area contributed by atoms with Gasteiger partial charge in [0.2, 0.25) is 0 Å². The van der Waals surface area contributed by atoms with Gasteiger partial charge in [0.25, 0.3) is 6.29 Å². The number of fused-ring (bicyclic) bond motifs is 1. The van der Waals surface area contributed by atoms with Gasteiger partial charge in [0.1, 0.15) is 6.61 Å². The van der Waals surface area contributed by atoms with Crippen molar-refractivity contribution >= 4 is 28.8 Å². The van der Waals surface area contributed by atoms with Gasteiger partial charge < -0.3 is 24.2 Å². The molecule has 1 aromatic heterocycles. The average Bonchev–Trinajstić information content (AvgIpc) is 3.25. The first-order valence-electron chi connectivity index (χ1n) is 12.5. The number of aromatic nitrogens is 1. The fraction of sp³-hybridized carbons (Fsp3) is 0.393. The van der Waals surface area contributed by atoms with Crippen LogP contribution in [0.1, 0.15) is 43.7 Å². The van der Waals surface area contributed by atoms with E-state index in [1.54, 1.807) is 44.2 Å². The van der Waals surface area contributed by atoms with Crippen molar-refractivity contribution in [3.05, 3.63) is 59.8 Å². The van der Waals surface area contributed by atoms with Gasteiger partial charge in [-0.15, -0.1) is 0 Å². The van der Waals surface area contributed by atoms with Crippen LogP contribution in [0.4, 0.5) is 13.2 Å². The Labute approximate surface area is 227 Å². The van der Waals surface area contributed by atoms with Crippen LogP contribution in [0.2, 0.25) is 0 Å². The van der Waals surface area contributed by atoms with E-state index in [9.17, 15) is 32.7 Å². The number of esters is 2. The van der Waals surface area contributed by atoms with Gasteiger partial charge in [0.15, 0.2) is 11.8 Å². The number of ether oxygens (including phenoxy) is 3. The molecule has 2 aromatic carbocycles. The number of carboxylic acids is 1. The summed E-state index contributed by atoms with van der Waals surface area (Å²) in [5, 5.41) is 9.51. The zero-order valence-electron chi connectivity index (χ0n) is 22.1. The largest absolute Gasteiger partial charge is 0.476 e. The molecule has 0 saturated carbocycles. The second-order valence-corrected chi connectivity index (χ2v) is 9.69. The zero-order valence-corrected chi connectivity index (χ0v) is 22.1. The summed E-state index contributed by atoms with van der Waals surface area (Å²) >= 11 is 0. The lowest BCUT2D eigenvalue weighted by Gasteiger charge is -2.43. The molecule has 1 fully saturated rings. The van der Waals surface area contributed by atoms with E-state index < -0.39 is 65.1 Å². The summed E-state index contributed by atoms with van der Waals surface area (Å²) in [6, 6.07) is 11.5. The molecule has 2 heterocycles. The van der Waals surface area contributed by atoms with Crippen molar-refractivity contribution in [2.45, 2.75) is 52.4 Å². The van der Waals surface area contributed by atoms with Crippen molar-refractivity contribution in [2.75, 3.05) is 6.61 Å². The van der Waals surface area contributed by atoms with Gasteiger partial charge in [0.05, 0.1) is 17.2 Å². The standard InChI is InChI=1S/C28H28F3NO8/c1-14-15(2)25(38-17(4)34)27(39-24(14)13-37-16(3)33)40-32-22-11-19(18-8-6-5-7-9-18)10-21(28(29,30)31)20(22)12-23(32)26(35)36/h5-12,14-15,24-25,27H,13H2,1-4H3,(H,35,36)/t14?,15-,24?,25?,27-/m0/s1. The van der Waals surface area contributed by atoms with Gasteiger partial charge in [-0.3, -0.25) is 9.59 Å². The topological polar surface area (TPSA) is 113 Å². The highest BCUT2D eigenvalue weighted by atomic mass is 19.4. The lowest BCUT2D eigenvalue weighted by atomic mass is 9.83. The van der Waals surface area contributed by atoms with Gasteiger partial charge in [0, 0.05) is 25.2 Å². The van der Waals surface area contributed by atoms with E-state index in [0.717, 1.165) is 16.9 Å². The van der Waals surface area contributed by atoms with Crippen molar-refractivity contribution in [3.8, 4) is 11.1 Å². The van der Waals surface area contributed by atoms with E-state index in [2.05, 4.69) is 0 Å². The number of hydrogen-bond acceptors (Lipinski definition) is 7. The molecule has 5 atom stereocenters. The Bertz CT molecular complexity index is 1420. The molecule has 3 unspecified atom stereocenters. The molecule has 0 aliphatic carbocycles. The van der Waals surface area contributed by atoms with Crippen molar-refractivity contribution in [1.82, 2.24) is 4.73 Å². The maximum atomic E-state index is 14.2. The number of hydrogen-bond donors (Lipinski definition) is 1. The molecular weight excluding hydrogens is 535 g/mol. The van der Waals surface area contributed by atoms with E-state index in [1.165, 1.54) is 19.9 Å². The zero-order chi connectivity index (χ0) is 29.4. The minimum Gasteiger partial charge on any atom is -0.476 e. The summed E-state index contributed by atoms with van der Waals surface area (Å²) in [6.07, 6.45) is -8.05. The minimum atomic E-state index is -4.81. The number of carbonyl (C=O) groups is 3. The lowest BCUT2D eigenvalue weighted by Crippen LogP contribution is -2.56. The molecule has 0 bridgehead atoms. The summed E-state index contributed by atoms with van der Waals surface area (Å²) in [5.74, 6) is -3.50. The maximum Gasteiger partial charge on any atom is 0.417 e. The molecule has 1 aliphatic rings. The van der Waals surface area contributed by atoms with Crippen LogP contribution in [0.25, 0.3) is 22.0 Å². The van der Waals surface area contributed by atoms with Gasteiger partial charge in [-0.2, -0.15) is 17.9 Å². The van der Waals surface area contributed by atoms with Gasteiger partial charge in [-0.1, -0.05) is 44.2 Å². The molecule has 40 heavy (non-hydrogen) atoms. The summed E-state index contributed by atoms with van der Waals surface area (Å²) in [5.41, 5.74) is -1.19. The predicted octanol–water partition coefficient (Wildman–Crippen LogP) is 4.95. The predicted molar refractivity (Wildman–Crippen MR) is 135 cm³/mol. The highest BCUT2D eigenvalue weighted by Gasteiger charge is 2.46. The molecule has 4 rings (SSSR count). The quantitative estimate of drug-likeness (QED) is 0.402. The van der Waals surface area contributed by atoms with E-state index in [1.807, 2.05) is 0 Å². The summed E-state index contributed by atoms with van der Waals surface area (Å²) in [6.45, 7) is 5.78. The third-order valence-corrected chi connectivity index (χ3v) is 6.98. The number of benzene rings is 2. The van der Waals surface area contributed by atoms with Crippen LogP contribution in [-0.4, -0.2) is 52.8 Å². The molecule has 1 saturated heterocycles. The molecule has 214 valence electrons. The number of halogens is 3. The molecule has 0 amide bonds. The van der Waals surface area contributed by atoms with E-state index in [-0.39, 0.29) is 23.6 Å². The third-order valence-electron chi connectivity index (χ3n) is 6.98.